The van der Waals surface area contributed by atoms with Crippen molar-refractivity contribution in [1.29, 1.82) is 0 Å². The largest absolute Gasteiger partial charge is 0.305 e. The molecule has 1 aliphatic rings. The molecule has 146 valence electrons. The number of hydrogen-bond acceptors (Lipinski definition) is 2. The van der Waals surface area contributed by atoms with Crippen LogP contribution in [0.5, 0.6) is 0 Å². The highest BCUT2D eigenvalue weighted by Gasteiger charge is 2.54. The van der Waals surface area contributed by atoms with Crippen molar-refractivity contribution in [3.8, 4) is 11.1 Å². The van der Waals surface area contributed by atoms with Crippen LogP contribution in [-0.4, -0.2) is 50.1 Å². The molecular weight excluding hydrogens is 464 g/mol. The summed E-state index contributed by atoms with van der Waals surface area (Å²) in [6.07, 6.45) is 2.19. The van der Waals surface area contributed by atoms with Gasteiger partial charge in [0.15, 0.2) is 0 Å². The molecule has 0 aromatic heterocycles. The van der Waals surface area contributed by atoms with Crippen molar-refractivity contribution >= 4 is 31.9 Å². The summed E-state index contributed by atoms with van der Waals surface area (Å²) in [7, 11) is 8.91. The summed E-state index contributed by atoms with van der Waals surface area (Å²) in [5.41, 5.74) is 5.56. The molecule has 0 N–H and O–H groups in total. The lowest BCUT2D eigenvalue weighted by Crippen LogP contribution is -2.58. The zero-order valence-corrected chi connectivity index (χ0v) is 20.4. The van der Waals surface area contributed by atoms with Crippen LogP contribution in [-0.2, 0) is 5.41 Å². The second kappa shape index (κ2) is 7.98. The summed E-state index contributed by atoms with van der Waals surface area (Å²) in [6.45, 7) is 4.64. The zero-order valence-electron chi connectivity index (χ0n) is 17.2. The van der Waals surface area contributed by atoms with E-state index in [9.17, 15) is 0 Å². The number of fused-ring (bicyclic) bond motifs is 3. The molecule has 2 atom stereocenters. The third kappa shape index (κ3) is 3.23. The Morgan fingerprint density at radius 3 is 1.41 bits per heavy atom. The molecule has 0 spiro atoms. The van der Waals surface area contributed by atoms with Gasteiger partial charge < -0.3 is 9.80 Å². The second-order valence-electron chi connectivity index (χ2n) is 8.02. The van der Waals surface area contributed by atoms with Gasteiger partial charge in [-0.05, 0) is 87.6 Å². The minimum Gasteiger partial charge on any atom is -0.305 e. The second-order valence-corrected chi connectivity index (χ2v) is 9.86. The van der Waals surface area contributed by atoms with Gasteiger partial charge in [-0.15, -0.1) is 0 Å². The summed E-state index contributed by atoms with van der Waals surface area (Å²) in [6, 6.07) is 14.4. The van der Waals surface area contributed by atoms with E-state index >= 15 is 0 Å². The molecule has 0 bridgehead atoms. The van der Waals surface area contributed by atoms with Crippen LogP contribution in [0.3, 0.4) is 0 Å². The van der Waals surface area contributed by atoms with Gasteiger partial charge in [-0.3, -0.25) is 0 Å². The topological polar surface area (TPSA) is 6.48 Å². The maximum absolute atomic E-state index is 3.76. The minimum absolute atomic E-state index is 0.0886. The standard InChI is InChI=1S/C23H30Br2N2/c1-7-21(26(3)4)23(22(8-2)27(5)6)19-13-15(24)9-11-17(19)18-12-10-16(25)14-20(18)23/h9-14,21-22H,7-8H2,1-6H3. The molecule has 2 aromatic carbocycles. The fourth-order valence-corrected chi connectivity index (χ4v) is 6.18. The monoisotopic (exact) mass is 492 g/mol. The van der Waals surface area contributed by atoms with E-state index in [-0.39, 0.29) is 5.41 Å². The fraction of sp³-hybridized carbons (Fsp3) is 0.478. The molecule has 2 unspecified atom stereocenters. The van der Waals surface area contributed by atoms with Crippen LogP contribution in [0.4, 0.5) is 0 Å². The van der Waals surface area contributed by atoms with Gasteiger partial charge in [-0.25, -0.2) is 0 Å². The first-order valence-electron chi connectivity index (χ1n) is 9.72. The van der Waals surface area contributed by atoms with E-state index in [2.05, 4.69) is 120 Å². The number of halogens is 2. The highest BCUT2D eigenvalue weighted by atomic mass is 79.9. The number of rotatable bonds is 6. The summed E-state index contributed by atoms with van der Waals surface area (Å²) < 4.78 is 2.31. The van der Waals surface area contributed by atoms with E-state index in [1.807, 2.05) is 0 Å². The maximum Gasteiger partial charge on any atom is 0.0525 e. The Labute approximate surface area is 181 Å². The van der Waals surface area contributed by atoms with Crippen LogP contribution in [0.1, 0.15) is 37.8 Å². The van der Waals surface area contributed by atoms with Gasteiger partial charge in [0.1, 0.15) is 0 Å². The Morgan fingerprint density at radius 2 is 1.11 bits per heavy atom. The maximum atomic E-state index is 3.76. The number of likely N-dealkylation sites (N-methyl/N-ethyl adjacent to an activating group) is 2. The van der Waals surface area contributed by atoms with Gasteiger partial charge in [-0.2, -0.15) is 0 Å². The highest BCUT2D eigenvalue weighted by molar-refractivity contribution is 9.10. The Bertz CT molecular complexity index is 760. The third-order valence-corrected chi connectivity index (χ3v) is 7.20. The highest BCUT2D eigenvalue weighted by Crippen LogP contribution is 2.56. The Hall–Kier alpha value is -0.680. The normalized spacial score (nSPS) is 17.1. The molecule has 2 aromatic rings. The lowest BCUT2D eigenvalue weighted by atomic mass is 9.64. The van der Waals surface area contributed by atoms with Crippen molar-refractivity contribution in [3.63, 3.8) is 0 Å². The molecule has 2 nitrogen and oxygen atoms in total. The van der Waals surface area contributed by atoms with Crippen LogP contribution in [0.15, 0.2) is 45.3 Å². The number of benzene rings is 2. The molecule has 0 fully saturated rings. The molecule has 3 rings (SSSR count). The van der Waals surface area contributed by atoms with Gasteiger partial charge in [0, 0.05) is 21.0 Å². The zero-order chi connectivity index (χ0) is 19.9. The van der Waals surface area contributed by atoms with Crippen molar-refractivity contribution in [2.75, 3.05) is 28.2 Å². The Morgan fingerprint density at radius 1 is 0.741 bits per heavy atom. The van der Waals surface area contributed by atoms with E-state index in [1.54, 1.807) is 0 Å². The van der Waals surface area contributed by atoms with Crippen LogP contribution in [0, 0.1) is 0 Å². The van der Waals surface area contributed by atoms with E-state index in [1.165, 1.54) is 22.3 Å². The molecule has 0 radical (unpaired) electrons. The lowest BCUT2D eigenvalue weighted by Gasteiger charge is -2.50. The van der Waals surface area contributed by atoms with Crippen molar-refractivity contribution < 1.29 is 0 Å². The van der Waals surface area contributed by atoms with Gasteiger partial charge in [-0.1, -0.05) is 57.8 Å². The van der Waals surface area contributed by atoms with Crippen LogP contribution >= 0.6 is 31.9 Å². The predicted octanol–water partition coefficient (Wildman–Crippen LogP) is 6.16. The molecule has 27 heavy (non-hydrogen) atoms. The molecule has 0 aliphatic heterocycles. The minimum atomic E-state index is -0.0886. The molecule has 0 saturated carbocycles. The number of nitrogens with zero attached hydrogens (tertiary/aromatic N) is 2. The fourth-order valence-electron chi connectivity index (χ4n) is 5.46. The molecule has 0 amide bonds. The average Bonchev–Trinajstić information content (AvgIpc) is 2.86. The first-order valence-corrected chi connectivity index (χ1v) is 11.3. The van der Waals surface area contributed by atoms with Crippen molar-refractivity contribution in [3.05, 3.63) is 56.5 Å². The van der Waals surface area contributed by atoms with E-state index in [0.717, 1.165) is 21.8 Å². The SMILES string of the molecule is CCC(N(C)C)C1(C(CC)N(C)C)c2cc(Br)ccc2-c2ccc(Br)cc21. The van der Waals surface area contributed by atoms with Crippen LogP contribution in [0.2, 0.25) is 0 Å². The quantitative estimate of drug-likeness (QED) is 0.475. The predicted molar refractivity (Wildman–Crippen MR) is 124 cm³/mol. The first-order chi connectivity index (χ1) is 12.8. The van der Waals surface area contributed by atoms with Gasteiger partial charge in [0.2, 0.25) is 0 Å². The molecule has 0 heterocycles. The van der Waals surface area contributed by atoms with Gasteiger partial charge in [0.25, 0.3) is 0 Å². The lowest BCUT2D eigenvalue weighted by molar-refractivity contribution is 0.105. The van der Waals surface area contributed by atoms with Crippen molar-refractivity contribution in [2.24, 2.45) is 0 Å². The van der Waals surface area contributed by atoms with E-state index < -0.39 is 0 Å². The molecular formula is C23H30Br2N2. The van der Waals surface area contributed by atoms with Crippen molar-refractivity contribution in [2.45, 2.75) is 44.2 Å². The van der Waals surface area contributed by atoms with Crippen LogP contribution in [0.25, 0.3) is 11.1 Å². The smallest absolute Gasteiger partial charge is 0.0525 e. The first kappa shape index (κ1) is 21.0. The van der Waals surface area contributed by atoms with Crippen LogP contribution < -0.4 is 0 Å². The summed E-state index contributed by atoms with van der Waals surface area (Å²) >= 11 is 7.51. The van der Waals surface area contributed by atoms with E-state index in [4.69, 9.17) is 0 Å². The number of hydrogen-bond donors (Lipinski definition) is 0. The molecule has 1 aliphatic carbocycles. The van der Waals surface area contributed by atoms with Crippen molar-refractivity contribution in [1.82, 2.24) is 9.80 Å². The molecule has 0 saturated heterocycles. The Balaban J connectivity index is 2.48. The van der Waals surface area contributed by atoms with Gasteiger partial charge in [0.05, 0.1) is 5.41 Å². The van der Waals surface area contributed by atoms with E-state index in [0.29, 0.717) is 12.1 Å². The Kier molecular flexibility index (Phi) is 6.22. The van der Waals surface area contributed by atoms with Gasteiger partial charge >= 0.3 is 0 Å². The third-order valence-electron chi connectivity index (χ3n) is 6.22. The summed E-state index contributed by atoms with van der Waals surface area (Å²) in [5, 5.41) is 0. The average molecular weight is 494 g/mol. The summed E-state index contributed by atoms with van der Waals surface area (Å²) in [4.78, 5) is 4.85. The summed E-state index contributed by atoms with van der Waals surface area (Å²) in [5.74, 6) is 0. The molecule has 4 heteroatoms.